The number of fused-ring (bicyclic) bond motifs is 1. The van der Waals surface area contributed by atoms with Crippen molar-refractivity contribution in [2.45, 2.75) is 6.92 Å². The third-order valence-electron chi connectivity index (χ3n) is 2.81. The van der Waals surface area contributed by atoms with Gasteiger partial charge in [0.2, 0.25) is 11.7 Å². The number of anilines is 1. The fourth-order valence-electron chi connectivity index (χ4n) is 2.08. The van der Waals surface area contributed by atoms with Gasteiger partial charge in [-0.25, -0.2) is 0 Å². The van der Waals surface area contributed by atoms with E-state index in [1.165, 1.54) is 27.4 Å². The number of furan rings is 1. The molecule has 0 saturated heterocycles. The lowest BCUT2D eigenvalue weighted by Crippen LogP contribution is -2.11. The molecule has 0 unspecified atom stereocenters. The maximum absolute atomic E-state index is 11.5. The molecule has 6 nitrogen and oxygen atoms in total. The van der Waals surface area contributed by atoms with E-state index in [0.29, 0.717) is 39.8 Å². The highest BCUT2D eigenvalue weighted by molar-refractivity contribution is 6.18. The van der Waals surface area contributed by atoms with E-state index in [4.69, 9.17) is 30.2 Å². The van der Waals surface area contributed by atoms with E-state index in [2.05, 4.69) is 5.32 Å². The number of hydrogen-bond donors (Lipinski definition) is 1. The van der Waals surface area contributed by atoms with E-state index >= 15 is 0 Å². The topological polar surface area (TPSA) is 69.9 Å². The number of carbonyl (C=O) groups excluding carboxylic acids is 1. The Morgan fingerprint density at radius 1 is 1.29 bits per heavy atom. The lowest BCUT2D eigenvalue weighted by atomic mass is 10.1. The zero-order valence-electron chi connectivity index (χ0n) is 12.0. The molecule has 2 aromatic rings. The van der Waals surface area contributed by atoms with Gasteiger partial charge in [-0.15, -0.1) is 11.6 Å². The van der Waals surface area contributed by atoms with Gasteiger partial charge in [0.1, 0.15) is 12.3 Å². The molecule has 0 saturated carbocycles. The summed E-state index contributed by atoms with van der Waals surface area (Å²) in [5, 5.41) is 3.38. The molecule has 21 heavy (non-hydrogen) atoms. The summed E-state index contributed by atoms with van der Waals surface area (Å²) >= 11 is 5.67. The van der Waals surface area contributed by atoms with Crippen LogP contribution < -0.4 is 19.5 Å². The Morgan fingerprint density at radius 2 is 2.00 bits per heavy atom. The Labute approximate surface area is 126 Å². The third-order valence-corrected chi connectivity index (χ3v) is 2.96. The molecular formula is C14H16ClNO5. The highest BCUT2D eigenvalue weighted by Crippen LogP contribution is 2.49. The van der Waals surface area contributed by atoms with Gasteiger partial charge in [0.15, 0.2) is 17.1 Å². The van der Waals surface area contributed by atoms with E-state index in [0.717, 1.165) is 0 Å². The van der Waals surface area contributed by atoms with Gasteiger partial charge in [0, 0.05) is 6.92 Å². The summed E-state index contributed by atoms with van der Waals surface area (Å²) in [6.45, 7) is 1.65. The molecule has 0 aliphatic carbocycles. The Hall–Kier alpha value is -2.08. The molecule has 1 aromatic heterocycles. The molecule has 0 spiro atoms. The van der Waals surface area contributed by atoms with E-state index in [1.54, 1.807) is 6.07 Å². The first-order valence-corrected chi connectivity index (χ1v) is 6.79. The van der Waals surface area contributed by atoms with E-state index < -0.39 is 0 Å². The predicted molar refractivity (Wildman–Crippen MR) is 79.8 cm³/mol. The number of rotatable bonds is 6. The van der Waals surface area contributed by atoms with Gasteiger partial charge in [0.05, 0.1) is 31.7 Å². The Kier molecular flexibility index (Phi) is 4.80. The maximum Gasteiger partial charge on any atom is 0.221 e. The van der Waals surface area contributed by atoms with Crippen molar-refractivity contribution in [2.75, 3.05) is 32.0 Å². The molecular weight excluding hydrogens is 298 g/mol. The number of amides is 1. The molecule has 0 bridgehead atoms. The molecule has 2 rings (SSSR count). The normalized spacial score (nSPS) is 10.5. The van der Waals surface area contributed by atoms with E-state index in [1.807, 2.05) is 0 Å². The number of alkyl halides is 1. The SMILES string of the molecule is COc1c(NC(C)=O)c(OCCCl)c(OC)c2occc12. The summed E-state index contributed by atoms with van der Waals surface area (Å²) < 4.78 is 21.8. The van der Waals surface area contributed by atoms with Gasteiger partial charge < -0.3 is 23.9 Å². The number of halogens is 1. The van der Waals surface area contributed by atoms with Crippen LogP contribution in [0.5, 0.6) is 17.2 Å². The van der Waals surface area contributed by atoms with E-state index in [9.17, 15) is 4.79 Å². The van der Waals surface area contributed by atoms with Crippen molar-refractivity contribution in [3.8, 4) is 17.2 Å². The molecule has 0 atom stereocenters. The van der Waals surface area contributed by atoms with Gasteiger partial charge in [-0.05, 0) is 6.07 Å². The van der Waals surface area contributed by atoms with Crippen LogP contribution in [0.25, 0.3) is 11.0 Å². The fraction of sp³-hybridized carbons (Fsp3) is 0.357. The molecule has 1 N–H and O–H groups in total. The minimum Gasteiger partial charge on any atom is -0.494 e. The lowest BCUT2D eigenvalue weighted by molar-refractivity contribution is -0.114. The predicted octanol–water partition coefficient (Wildman–Crippen LogP) is 3.03. The number of hydrogen-bond acceptors (Lipinski definition) is 5. The average molecular weight is 314 g/mol. The largest absolute Gasteiger partial charge is 0.494 e. The van der Waals surface area contributed by atoms with E-state index in [-0.39, 0.29) is 12.5 Å². The second-order valence-corrected chi connectivity index (χ2v) is 4.53. The number of nitrogens with one attached hydrogen (secondary N) is 1. The van der Waals surface area contributed by atoms with Crippen molar-refractivity contribution in [2.24, 2.45) is 0 Å². The van der Waals surface area contributed by atoms with Gasteiger partial charge in [-0.3, -0.25) is 4.79 Å². The zero-order valence-corrected chi connectivity index (χ0v) is 12.7. The van der Waals surface area contributed by atoms with Gasteiger partial charge in [-0.2, -0.15) is 0 Å². The van der Waals surface area contributed by atoms with Crippen molar-refractivity contribution in [3.63, 3.8) is 0 Å². The van der Waals surface area contributed by atoms with Crippen LogP contribution in [-0.4, -0.2) is 32.6 Å². The molecule has 1 aromatic carbocycles. The minimum atomic E-state index is -0.256. The molecule has 0 aliphatic rings. The third kappa shape index (κ3) is 2.85. The van der Waals surface area contributed by atoms with Crippen LogP contribution in [0.1, 0.15) is 6.92 Å². The van der Waals surface area contributed by atoms with Crippen LogP contribution in [0.3, 0.4) is 0 Å². The first kappa shape index (κ1) is 15.3. The standard InChI is InChI=1S/C14H16ClNO5/c1-8(17)16-10-11(18-2)9-4-6-20-12(9)14(19-3)13(10)21-7-5-15/h4,6H,5,7H2,1-3H3,(H,16,17). The monoisotopic (exact) mass is 313 g/mol. The molecule has 0 aliphatic heterocycles. The Balaban J connectivity index is 2.74. The average Bonchev–Trinajstić information content (AvgIpc) is 2.92. The summed E-state index contributed by atoms with van der Waals surface area (Å²) in [6.07, 6.45) is 1.51. The van der Waals surface area contributed by atoms with Crippen LogP contribution in [0, 0.1) is 0 Å². The number of carbonyl (C=O) groups is 1. The molecule has 1 amide bonds. The van der Waals surface area contributed by atoms with Crippen LogP contribution >= 0.6 is 11.6 Å². The molecule has 1 heterocycles. The van der Waals surface area contributed by atoms with Crippen molar-refractivity contribution in [1.82, 2.24) is 0 Å². The van der Waals surface area contributed by atoms with Crippen LogP contribution in [0.4, 0.5) is 5.69 Å². The molecule has 0 fully saturated rings. The van der Waals surface area contributed by atoms with Crippen molar-refractivity contribution in [1.29, 1.82) is 0 Å². The van der Waals surface area contributed by atoms with Gasteiger partial charge >= 0.3 is 0 Å². The summed E-state index contributed by atoms with van der Waals surface area (Å²) in [6, 6.07) is 1.73. The summed E-state index contributed by atoms with van der Waals surface area (Å²) in [4.78, 5) is 11.5. The van der Waals surface area contributed by atoms with Crippen molar-refractivity contribution >= 4 is 34.2 Å². The molecule has 0 radical (unpaired) electrons. The first-order chi connectivity index (χ1) is 10.1. The maximum atomic E-state index is 11.5. The number of ether oxygens (including phenoxy) is 3. The second-order valence-electron chi connectivity index (χ2n) is 4.15. The first-order valence-electron chi connectivity index (χ1n) is 6.25. The van der Waals surface area contributed by atoms with Crippen LogP contribution in [0.2, 0.25) is 0 Å². The molecule has 7 heteroatoms. The molecule has 114 valence electrons. The summed E-state index contributed by atoms with van der Waals surface area (Å²) in [5.74, 6) is 1.19. The highest BCUT2D eigenvalue weighted by Gasteiger charge is 2.25. The van der Waals surface area contributed by atoms with Crippen molar-refractivity contribution in [3.05, 3.63) is 12.3 Å². The minimum absolute atomic E-state index is 0.250. The van der Waals surface area contributed by atoms with Gasteiger partial charge in [0.25, 0.3) is 0 Å². The summed E-state index contributed by atoms with van der Waals surface area (Å²) in [5.41, 5.74) is 0.869. The van der Waals surface area contributed by atoms with Crippen molar-refractivity contribution < 1.29 is 23.4 Å². The second kappa shape index (κ2) is 6.58. The Morgan fingerprint density at radius 3 is 2.57 bits per heavy atom. The Bertz CT molecular complexity index is 652. The highest BCUT2D eigenvalue weighted by atomic mass is 35.5. The van der Waals surface area contributed by atoms with Crippen LogP contribution in [0.15, 0.2) is 16.7 Å². The number of methoxy groups -OCH3 is 2. The quantitative estimate of drug-likeness (QED) is 0.830. The van der Waals surface area contributed by atoms with Gasteiger partial charge in [-0.1, -0.05) is 0 Å². The van der Waals surface area contributed by atoms with Crippen LogP contribution in [-0.2, 0) is 4.79 Å². The smallest absolute Gasteiger partial charge is 0.221 e. The summed E-state index contributed by atoms with van der Waals surface area (Å²) in [7, 11) is 3.00. The zero-order chi connectivity index (χ0) is 15.4. The fourth-order valence-corrected chi connectivity index (χ4v) is 2.16. The number of benzene rings is 1. The lowest BCUT2D eigenvalue weighted by Gasteiger charge is -2.18.